The number of hydrogen-bond donors (Lipinski definition) is 1. The van der Waals surface area contributed by atoms with Gasteiger partial charge in [-0.15, -0.1) is 0 Å². The Balaban J connectivity index is 1.51. The quantitative estimate of drug-likeness (QED) is 0.619. The number of nitrogens with two attached hydrogens (primary N) is 1. The summed E-state index contributed by atoms with van der Waals surface area (Å²) in [5.74, 6) is 0.343. The Bertz CT molecular complexity index is 850. The van der Waals surface area contributed by atoms with E-state index in [9.17, 15) is 4.79 Å². The van der Waals surface area contributed by atoms with Gasteiger partial charge in [-0.3, -0.25) is 4.79 Å². The minimum Gasteiger partial charge on any atom is -0.489 e. The summed E-state index contributed by atoms with van der Waals surface area (Å²) in [7, 11) is 0. The van der Waals surface area contributed by atoms with Gasteiger partial charge in [0, 0.05) is 0 Å². The van der Waals surface area contributed by atoms with Gasteiger partial charge in [0.15, 0.2) is 0 Å². The number of carbonyl (C=O) groups is 1. The summed E-state index contributed by atoms with van der Waals surface area (Å²) >= 11 is 0. The Morgan fingerprint density at radius 3 is 2.04 bits per heavy atom. The first-order chi connectivity index (χ1) is 13.2. The molecule has 0 aromatic heterocycles. The van der Waals surface area contributed by atoms with Crippen molar-refractivity contribution in [1.29, 1.82) is 0 Å². The Kier molecular flexibility index (Phi) is 6.61. The molecule has 0 bridgehead atoms. The molecule has 1 unspecified atom stereocenters. The summed E-state index contributed by atoms with van der Waals surface area (Å²) in [4.78, 5) is 12.1. The third-order valence-electron chi connectivity index (χ3n) is 4.13. The van der Waals surface area contributed by atoms with Crippen LogP contribution < -0.4 is 10.5 Å². The highest BCUT2D eigenvalue weighted by atomic mass is 16.5. The van der Waals surface area contributed by atoms with Gasteiger partial charge in [0.05, 0.1) is 0 Å². The number of hydrogen-bond acceptors (Lipinski definition) is 4. The van der Waals surface area contributed by atoms with Gasteiger partial charge in [-0.1, -0.05) is 72.8 Å². The van der Waals surface area contributed by atoms with Crippen molar-refractivity contribution < 1.29 is 14.3 Å². The smallest absolute Gasteiger partial charge is 0.323 e. The van der Waals surface area contributed by atoms with E-state index in [4.69, 9.17) is 15.2 Å². The Morgan fingerprint density at radius 2 is 1.37 bits per heavy atom. The second-order valence-corrected chi connectivity index (χ2v) is 6.33. The van der Waals surface area contributed by atoms with Crippen LogP contribution in [0.3, 0.4) is 0 Å². The maximum Gasteiger partial charge on any atom is 0.323 e. The van der Waals surface area contributed by atoms with Crippen molar-refractivity contribution in [1.82, 2.24) is 0 Å². The SMILES string of the molecule is NC(Cc1cccc(OCc2ccccc2)c1)C(=O)OCc1ccccc1. The molecule has 0 radical (unpaired) electrons. The zero-order valence-electron chi connectivity index (χ0n) is 15.1. The standard InChI is InChI=1S/C23H23NO3/c24-22(23(25)27-17-19-10-5-2-6-11-19)15-20-12-7-13-21(14-20)26-16-18-8-3-1-4-9-18/h1-14,22H,15-17,24H2. The predicted octanol–water partition coefficient (Wildman–Crippen LogP) is 3.88. The van der Waals surface area contributed by atoms with Crippen LogP contribution >= 0.6 is 0 Å². The Labute approximate surface area is 159 Å². The molecule has 0 amide bonds. The van der Waals surface area contributed by atoms with E-state index >= 15 is 0 Å². The average molecular weight is 361 g/mol. The van der Waals surface area contributed by atoms with Crippen molar-refractivity contribution in [3.8, 4) is 5.75 Å². The molecular weight excluding hydrogens is 338 g/mol. The van der Waals surface area contributed by atoms with Crippen molar-refractivity contribution in [3.05, 3.63) is 102 Å². The average Bonchev–Trinajstić information content (AvgIpc) is 2.72. The van der Waals surface area contributed by atoms with E-state index in [0.29, 0.717) is 13.0 Å². The highest BCUT2D eigenvalue weighted by molar-refractivity contribution is 5.75. The zero-order valence-corrected chi connectivity index (χ0v) is 15.1. The number of benzene rings is 3. The lowest BCUT2D eigenvalue weighted by molar-refractivity contribution is -0.146. The van der Waals surface area contributed by atoms with Crippen LogP contribution in [0.5, 0.6) is 5.75 Å². The van der Waals surface area contributed by atoms with E-state index in [1.165, 1.54) is 0 Å². The van der Waals surface area contributed by atoms with Gasteiger partial charge in [0.2, 0.25) is 0 Å². The normalized spacial score (nSPS) is 11.6. The minimum atomic E-state index is -0.710. The molecule has 138 valence electrons. The van der Waals surface area contributed by atoms with E-state index in [-0.39, 0.29) is 6.61 Å². The van der Waals surface area contributed by atoms with Gasteiger partial charge < -0.3 is 15.2 Å². The summed E-state index contributed by atoms with van der Waals surface area (Å²) in [5.41, 5.74) is 8.99. The number of esters is 1. The first-order valence-corrected chi connectivity index (χ1v) is 8.92. The molecule has 27 heavy (non-hydrogen) atoms. The van der Waals surface area contributed by atoms with Crippen LogP contribution in [-0.4, -0.2) is 12.0 Å². The van der Waals surface area contributed by atoms with Crippen molar-refractivity contribution >= 4 is 5.97 Å². The second-order valence-electron chi connectivity index (χ2n) is 6.33. The molecule has 0 fully saturated rings. The summed E-state index contributed by atoms with van der Waals surface area (Å²) in [6.45, 7) is 0.725. The van der Waals surface area contributed by atoms with Crippen LogP contribution in [0.4, 0.5) is 0 Å². The fourth-order valence-electron chi connectivity index (χ4n) is 2.68. The predicted molar refractivity (Wildman–Crippen MR) is 105 cm³/mol. The molecule has 1 atom stereocenters. The molecule has 0 aliphatic rings. The van der Waals surface area contributed by atoms with Crippen LogP contribution in [0.1, 0.15) is 16.7 Å². The molecule has 2 N–H and O–H groups in total. The largest absolute Gasteiger partial charge is 0.489 e. The second kappa shape index (κ2) is 9.55. The molecule has 3 rings (SSSR count). The third kappa shape index (κ3) is 5.97. The topological polar surface area (TPSA) is 61.5 Å². The monoisotopic (exact) mass is 361 g/mol. The fraction of sp³-hybridized carbons (Fsp3) is 0.174. The molecular formula is C23H23NO3. The van der Waals surface area contributed by atoms with E-state index in [1.807, 2.05) is 84.9 Å². The van der Waals surface area contributed by atoms with Gasteiger partial charge in [0.1, 0.15) is 25.0 Å². The molecule has 4 heteroatoms. The van der Waals surface area contributed by atoms with Crippen molar-refractivity contribution in [2.45, 2.75) is 25.7 Å². The first-order valence-electron chi connectivity index (χ1n) is 8.92. The van der Waals surface area contributed by atoms with Crippen molar-refractivity contribution in [2.24, 2.45) is 5.73 Å². The van der Waals surface area contributed by atoms with Gasteiger partial charge >= 0.3 is 5.97 Å². The highest BCUT2D eigenvalue weighted by Gasteiger charge is 2.16. The van der Waals surface area contributed by atoms with Crippen LogP contribution in [0.15, 0.2) is 84.9 Å². The van der Waals surface area contributed by atoms with Gasteiger partial charge in [-0.25, -0.2) is 0 Å². The molecule has 0 heterocycles. The van der Waals surface area contributed by atoms with Crippen LogP contribution in [0, 0.1) is 0 Å². The van der Waals surface area contributed by atoms with Crippen molar-refractivity contribution in [2.75, 3.05) is 0 Å². The summed E-state index contributed by atoms with van der Waals surface area (Å²) in [6, 6.07) is 26.4. The summed E-state index contributed by atoms with van der Waals surface area (Å²) in [6.07, 6.45) is 0.399. The van der Waals surface area contributed by atoms with Crippen LogP contribution in [-0.2, 0) is 29.2 Å². The maximum absolute atomic E-state index is 12.1. The summed E-state index contributed by atoms with van der Waals surface area (Å²) < 4.78 is 11.1. The lowest BCUT2D eigenvalue weighted by atomic mass is 10.1. The van der Waals surface area contributed by atoms with E-state index in [0.717, 1.165) is 22.4 Å². The molecule has 0 aliphatic heterocycles. The van der Waals surface area contributed by atoms with E-state index < -0.39 is 12.0 Å². The summed E-state index contributed by atoms with van der Waals surface area (Å²) in [5, 5.41) is 0. The number of carbonyl (C=O) groups excluding carboxylic acids is 1. The van der Waals surface area contributed by atoms with Crippen LogP contribution in [0.25, 0.3) is 0 Å². The lowest BCUT2D eigenvalue weighted by Crippen LogP contribution is -2.34. The van der Waals surface area contributed by atoms with E-state index in [2.05, 4.69) is 0 Å². The van der Waals surface area contributed by atoms with Gasteiger partial charge in [-0.05, 0) is 35.2 Å². The molecule has 3 aromatic rings. The molecule has 0 saturated carbocycles. The molecule has 0 aliphatic carbocycles. The van der Waals surface area contributed by atoms with Crippen LogP contribution in [0.2, 0.25) is 0 Å². The number of rotatable bonds is 8. The highest BCUT2D eigenvalue weighted by Crippen LogP contribution is 2.16. The molecule has 0 saturated heterocycles. The van der Waals surface area contributed by atoms with Gasteiger partial charge in [0.25, 0.3) is 0 Å². The fourth-order valence-corrected chi connectivity index (χ4v) is 2.68. The Morgan fingerprint density at radius 1 is 0.778 bits per heavy atom. The van der Waals surface area contributed by atoms with E-state index in [1.54, 1.807) is 0 Å². The minimum absolute atomic E-state index is 0.230. The maximum atomic E-state index is 12.1. The Hall–Kier alpha value is -3.11. The van der Waals surface area contributed by atoms with Gasteiger partial charge in [-0.2, -0.15) is 0 Å². The molecule has 3 aromatic carbocycles. The molecule has 4 nitrogen and oxygen atoms in total. The first kappa shape index (κ1) is 18.7. The molecule has 0 spiro atoms. The zero-order chi connectivity index (χ0) is 18.9. The third-order valence-corrected chi connectivity index (χ3v) is 4.13. The number of ether oxygens (including phenoxy) is 2. The van der Waals surface area contributed by atoms with Crippen molar-refractivity contribution in [3.63, 3.8) is 0 Å². The lowest BCUT2D eigenvalue weighted by Gasteiger charge is -2.13.